The minimum absolute atomic E-state index is 0.0575. The first-order valence-corrected chi connectivity index (χ1v) is 7.05. The Bertz CT molecular complexity index is 742. The third-order valence-corrected chi connectivity index (χ3v) is 4.13. The molecule has 2 rings (SSSR count). The SMILES string of the molecule is Cc1ccc(C(N)=S)c(=O)n1Cc1cccc(F)c1Br. The summed E-state index contributed by atoms with van der Waals surface area (Å²) < 4.78 is 15.4. The van der Waals surface area contributed by atoms with Gasteiger partial charge in [-0.3, -0.25) is 4.79 Å². The van der Waals surface area contributed by atoms with Crippen molar-refractivity contribution < 1.29 is 4.39 Å². The molecular weight excluding hydrogens is 343 g/mol. The molecule has 0 saturated carbocycles. The molecule has 1 aromatic carbocycles. The molecule has 0 radical (unpaired) electrons. The minimum Gasteiger partial charge on any atom is -0.389 e. The Morgan fingerprint density at radius 3 is 2.75 bits per heavy atom. The Morgan fingerprint density at radius 2 is 2.10 bits per heavy atom. The quantitative estimate of drug-likeness (QED) is 0.862. The molecular formula is C14H12BrFN2OS. The predicted molar refractivity (Wildman–Crippen MR) is 84.5 cm³/mol. The van der Waals surface area contributed by atoms with Gasteiger partial charge in [0.1, 0.15) is 10.8 Å². The van der Waals surface area contributed by atoms with Gasteiger partial charge in [-0.15, -0.1) is 0 Å². The molecule has 3 nitrogen and oxygen atoms in total. The van der Waals surface area contributed by atoms with E-state index in [0.717, 1.165) is 5.69 Å². The molecule has 0 aliphatic heterocycles. The molecule has 2 N–H and O–H groups in total. The van der Waals surface area contributed by atoms with Crippen molar-refractivity contribution >= 4 is 33.1 Å². The van der Waals surface area contributed by atoms with Gasteiger partial charge >= 0.3 is 0 Å². The van der Waals surface area contributed by atoms with Crippen molar-refractivity contribution in [3.8, 4) is 0 Å². The van der Waals surface area contributed by atoms with Gasteiger partial charge in [-0.1, -0.05) is 24.4 Å². The van der Waals surface area contributed by atoms with Gasteiger partial charge in [0.05, 0.1) is 16.6 Å². The van der Waals surface area contributed by atoms with Crippen molar-refractivity contribution in [2.24, 2.45) is 5.73 Å². The van der Waals surface area contributed by atoms with Crippen LogP contribution in [0.15, 0.2) is 39.6 Å². The second-order valence-electron chi connectivity index (χ2n) is 4.36. The van der Waals surface area contributed by atoms with Crippen molar-refractivity contribution in [2.45, 2.75) is 13.5 Å². The molecule has 1 aromatic heterocycles. The first-order chi connectivity index (χ1) is 9.41. The van der Waals surface area contributed by atoms with Crippen LogP contribution in [0.5, 0.6) is 0 Å². The van der Waals surface area contributed by atoms with E-state index < -0.39 is 0 Å². The first kappa shape index (κ1) is 14.9. The Balaban J connectivity index is 2.54. The lowest BCUT2D eigenvalue weighted by atomic mass is 10.2. The zero-order chi connectivity index (χ0) is 14.9. The number of aromatic nitrogens is 1. The summed E-state index contributed by atoms with van der Waals surface area (Å²) in [5.41, 5.74) is 6.98. The molecule has 0 spiro atoms. The largest absolute Gasteiger partial charge is 0.389 e. The summed E-state index contributed by atoms with van der Waals surface area (Å²) in [4.78, 5) is 12.4. The summed E-state index contributed by atoms with van der Waals surface area (Å²) in [6.45, 7) is 2.05. The summed E-state index contributed by atoms with van der Waals surface area (Å²) in [5.74, 6) is -0.362. The average Bonchev–Trinajstić information content (AvgIpc) is 2.38. The molecule has 20 heavy (non-hydrogen) atoms. The van der Waals surface area contributed by atoms with Crippen LogP contribution in [0.2, 0.25) is 0 Å². The van der Waals surface area contributed by atoms with Crippen LogP contribution >= 0.6 is 28.1 Å². The molecule has 2 aromatic rings. The van der Waals surface area contributed by atoms with E-state index in [4.69, 9.17) is 18.0 Å². The van der Waals surface area contributed by atoms with Gasteiger partial charge in [0.25, 0.3) is 5.56 Å². The number of nitrogens with two attached hydrogens (primary N) is 1. The molecule has 0 fully saturated rings. The maximum absolute atomic E-state index is 13.5. The molecule has 0 atom stereocenters. The zero-order valence-corrected chi connectivity index (χ0v) is 13.1. The van der Waals surface area contributed by atoms with Crippen LogP contribution in [0.4, 0.5) is 4.39 Å². The summed E-state index contributed by atoms with van der Waals surface area (Å²) >= 11 is 8.05. The van der Waals surface area contributed by atoms with E-state index in [9.17, 15) is 9.18 Å². The van der Waals surface area contributed by atoms with E-state index in [2.05, 4.69) is 15.9 Å². The Hall–Kier alpha value is -1.53. The third-order valence-electron chi connectivity index (χ3n) is 3.02. The highest BCUT2D eigenvalue weighted by atomic mass is 79.9. The van der Waals surface area contributed by atoms with E-state index in [1.165, 1.54) is 10.6 Å². The van der Waals surface area contributed by atoms with E-state index in [1.807, 2.05) is 0 Å². The Labute approximate surface area is 129 Å². The average molecular weight is 355 g/mol. The lowest BCUT2D eigenvalue weighted by Crippen LogP contribution is -2.30. The number of hydrogen-bond donors (Lipinski definition) is 1. The fraction of sp³-hybridized carbons (Fsp3) is 0.143. The monoisotopic (exact) mass is 354 g/mol. The van der Waals surface area contributed by atoms with Crippen LogP contribution in [0, 0.1) is 12.7 Å². The number of nitrogens with zero attached hydrogens (tertiary/aromatic N) is 1. The highest BCUT2D eigenvalue weighted by Crippen LogP contribution is 2.21. The van der Waals surface area contributed by atoms with E-state index in [0.29, 0.717) is 10.0 Å². The summed E-state index contributed by atoms with van der Waals surface area (Å²) in [5, 5.41) is 0. The lowest BCUT2D eigenvalue weighted by molar-refractivity contribution is 0.614. The number of benzene rings is 1. The number of hydrogen-bond acceptors (Lipinski definition) is 2. The summed E-state index contributed by atoms with van der Waals surface area (Å²) in [6.07, 6.45) is 0. The Kier molecular flexibility index (Phi) is 4.35. The van der Waals surface area contributed by atoms with Gasteiger partial charge in [0, 0.05) is 5.69 Å². The number of halogens is 2. The van der Waals surface area contributed by atoms with Crippen LogP contribution in [0.1, 0.15) is 16.8 Å². The van der Waals surface area contributed by atoms with Gasteiger partial charge in [-0.2, -0.15) is 0 Å². The van der Waals surface area contributed by atoms with Gasteiger partial charge in [0.15, 0.2) is 0 Å². The molecule has 104 valence electrons. The van der Waals surface area contributed by atoms with Crippen LogP contribution in [0.3, 0.4) is 0 Å². The highest BCUT2D eigenvalue weighted by Gasteiger charge is 2.11. The molecule has 0 aliphatic rings. The maximum Gasteiger partial charge on any atom is 0.261 e. The molecule has 6 heteroatoms. The van der Waals surface area contributed by atoms with Gasteiger partial charge in [0.2, 0.25) is 0 Å². The maximum atomic E-state index is 13.5. The van der Waals surface area contributed by atoms with E-state index in [1.54, 1.807) is 31.2 Å². The van der Waals surface area contributed by atoms with Crippen molar-refractivity contribution in [1.82, 2.24) is 4.57 Å². The second kappa shape index (κ2) is 5.85. The number of pyridine rings is 1. The number of rotatable bonds is 3. The molecule has 0 unspecified atom stereocenters. The Morgan fingerprint density at radius 1 is 1.40 bits per heavy atom. The molecule has 0 bridgehead atoms. The summed E-state index contributed by atoms with van der Waals surface area (Å²) in [7, 11) is 0. The van der Waals surface area contributed by atoms with E-state index >= 15 is 0 Å². The molecule has 0 amide bonds. The summed E-state index contributed by atoms with van der Waals surface area (Å²) in [6, 6.07) is 8.09. The predicted octanol–water partition coefficient (Wildman–Crippen LogP) is 2.74. The van der Waals surface area contributed by atoms with Gasteiger partial charge in [-0.05, 0) is 46.6 Å². The highest BCUT2D eigenvalue weighted by molar-refractivity contribution is 9.10. The second-order valence-corrected chi connectivity index (χ2v) is 5.59. The van der Waals surface area contributed by atoms with Crippen LogP contribution in [-0.2, 0) is 6.54 Å². The van der Waals surface area contributed by atoms with Crippen molar-refractivity contribution in [1.29, 1.82) is 0 Å². The fourth-order valence-corrected chi connectivity index (χ4v) is 2.44. The zero-order valence-electron chi connectivity index (χ0n) is 10.7. The van der Waals surface area contributed by atoms with E-state index in [-0.39, 0.29) is 28.5 Å². The van der Waals surface area contributed by atoms with Crippen molar-refractivity contribution in [2.75, 3.05) is 0 Å². The van der Waals surface area contributed by atoms with Crippen LogP contribution in [-0.4, -0.2) is 9.56 Å². The lowest BCUT2D eigenvalue weighted by Gasteiger charge is -2.13. The topological polar surface area (TPSA) is 48.0 Å². The van der Waals surface area contributed by atoms with Crippen LogP contribution in [0.25, 0.3) is 0 Å². The first-order valence-electron chi connectivity index (χ1n) is 5.85. The number of thiocarbonyl (C=S) groups is 1. The smallest absolute Gasteiger partial charge is 0.261 e. The van der Waals surface area contributed by atoms with Gasteiger partial charge in [-0.25, -0.2) is 4.39 Å². The van der Waals surface area contributed by atoms with Crippen molar-refractivity contribution in [3.63, 3.8) is 0 Å². The molecule has 0 aliphatic carbocycles. The van der Waals surface area contributed by atoms with Gasteiger partial charge < -0.3 is 10.3 Å². The fourth-order valence-electron chi connectivity index (χ4n) is 1.90. The molecule has 0 saturated heterocycles. The molecule has 1 heterocycles. The standard InChI is InChI=1S/C14H12BrFN2OS/c1-8-5-6-10(13(17)20)14(19)18(8)7-9-3-2-4-11(16)12(9)15/h2-6H,7H2,1H3,(H2,17,20). The van der Waals surface area contributed by atoms with Crippen LogP contribution < -0.4 is 11.3 Å². The van der Waals surface area contributed by atoms with Crippen molar-refractivity contribution in [3.05, 3.63) is 67.8 Å². The normalized spacial score (nSPS) is 10.6. The number of aryl methyl sites for hydroxylation is 1. The third kappa shape index (κ3) is 2.81. The minimum atomic E-state index is -0.362.